The molecule has 0 atom stereocenters. The van der Waals surface area contributed by atoms with Crippen LogP contribution in [0.25, 0.3) is 0 Å². The van der Waals surface area contributed by atoms with Crippen molar-refractivity contribution in [2.24, 2.45) is 4.99 Å². The Hall–Kier alpha value is -0.400. The van der Waals surface area contributed by atoms with Gasteiger partial charge < -0.3 is 0 Å². The lowest BCUT2D eigenvalue weighted by Crippen LogP contribution is -1.88. The number of halogens is 2. The summed E-state index contributed by atoms with van der Waals surface area (Å²) in [4.78, 5) is 3.81. The van der Waals surface area contributed by atoms with Crippen LogP contribution in [-0.2, 0) is 6.42 Å². The van der Waals surface area contributed by atoms with E-state index >= 15 is 0 Å². The van der Waals surface area contributed by atoms with Crippen molar-refractivity contribution in [3.63, 3.8) is 0 Å². The third kappa shape index (κ3) is 3.45. The van der Waals surface area contributed by atoms with Gasteiger partial charge in [0.05, 0.1) is 21.8 Å². The van der Waals surface area contributed by atoms with E-state index in [1.165, 1.54) is 0 Å². The Morgan fingerprint density at radius 3 is 2.69 bits per heavy atom. The van der Waals surface area contributed by atoms with Gasteiger partial charge in [0.1, 0.15) is 0 Å². The van der Waals surface area contributed by atoms with Gasteiger partial charge in [-0.25, -0.2) is 4.99 Å². The molecule has 0 radical (unpaired) electrons. The minimum absolute atomic E-state index is 0.573. The van der Waals surface area contributed by atoms with Crippen molar-refractivity contribution in [1.82, 2.24) is 0 Å². The Morgan fingerprint density at radius 1 is 1.31 bits per heavy atom. The van der Waals surface area contributed by atoms with Gasteiger partial charge in [0.25, 0.3) is 0 Å². The topological polar surface area (TPSA) is 12.4 Å². The fourth-order valence-electron chi connectivity index (χ4n) is 0.926. The molecule has 0 fully saturated rings. The number of aliphatic imine (C=N–C) groups is 1. The predicted molar refractivity (Wildman–Crippen MR) is 60.1 cm³/mol. The molecular formula is C9H7Cl2NS. The first-order valence-electron chi connectivity index (χ1n) is 3.71. The van der Waals surface area contributed by atoms with Gasteiger partial charge in [-0.2, -0.15) is 0 Å². The minimum atomic E-state index is 0.573. The molecule has 0 saturated heterocycles. The van der Waals surface area contributed by atoms with E-state index in [1.807, 2.05) is 12.1 Å². The second-order valence-electron chi connectivity index (χ2n) is 2.47. The Kier molecular flexibility index (Phi) is 4.40. The van der Waals surface area contributed by atoms with Gasteiger partial charge in [0, 0.05) is 0 Å². The van der Waals surface area contributed by atoms with Crippen LogP contribution in [0.2, 0.25) is 10.0 Å². The molecular weight excluding hydrogens is 225 g/mol. The number of hydrogen-bond donors (Lipinski definition) is 0. The summed E-state index contributed by atoms with van der Waals surface area (Å²) in [7, 11) is 0. The zero-order chi connectivity index (χ0) is 9.68. The molecule has 0 saturated carbocycles. The van der Waals surface area contributed by atoms with Crippen molar-refractivity contribution in [3.05, 3.63) is 33.8 Å². The van der Waals surface area contributed by atoms with Crippen LogP contribution >= 0.6 is 35.4 Å². The summed E-state index contributed by atoms with van der Waals surface area (Å²) >= 11 is 16.0. The number of nitrogens with zero attached hydrogens (tertiary/aromatic N) is 1. The van der Waals surface area contributed by atoms with Crippen molar-refractivity contribution in [2.45, 2.75) is 6.42 Å². The number of thiocarbonyl (C=S) groups is 1. The summed E-state index contributed by atoms with van der Waals surface area (Å²) < 4.78 is 0. The first-order chi connectivity index (χ1) is 6.24. The van der Waals surface area contributed by atoms with Crippen molar-refractivity contribution in [3.8, 4) is 0 Å². The third-order valence-electron chi connectivity index (χ3n) is 1.56. The fraction of sp³-hybridized carbons (Fsp3) is 0.222. The van der Waals surface area contributed by atoms with E-state index in [4.69, 9.17) is 23.2 Å². The fourth-order valence-corrected chi connectivity index (χ4v) is 1.34. The van der Waals surface area contributed by atoms with Crippen molar-refractivity contribution in [1.29, 1.82) is 0 Å². The first-order valence-corrected chi connectivity index (χ1v) is 4.88. The standard InChI is InChI=1S/C9H7Cl2NS/c10-8-2-1-7(5-9(8)11)3-4-12-6-13/h1-2,5H,3-4H2. The zero-order valence-corrected chi connectivity index (χ0v) is 9.09. The van der Waals surface area contributed by atoms with Crippen molar-refractivity contribution >= 4 is 40.6 Å². The van der Waals surface area contributed by atoms with E-state index in [2.05, 4.69) is 22.4 Å². The maximum Gasteiger partial charge on any atom is 0.0595 e. The largest absolute Gasteiger partial charge is 0.232 e. The van der Waals surface area contributed by atoms with Gasteiger partial charge in [0.15, 0.2) is 0 Å². The Balaban J connectivity index is 2.68. The lowest BCUT2D eigenvalue weighted by molar-refractivity contribution is 0.977. The van der Waals surface area contributed by atoms with Crippen LogP contribution < -0.4 is 0 Å². The third-order valence-corrected chi connectivity index (χ3v) is 2.43. The van der Waals surface area contributed by atoms with E-state index in [0.717, 1.165) is 12.0 Å². The Labute approximate surface area is 92.4 Å². The molecule has 68 valence electrons. The molecule has 0 N–H and O–H groups in total. The number of benzene rings is 1. The maximum absolute atomic E-state index is 5.83. The highest BCUT2D eigenvalue weighted by atomic mass is 35.5. The van der Waals surface area contributed by atoms with Crippen LogP contribution in [0.1, 0.15) is 5.56 Å². The Bertz CT molecular complexity index is 345. The molecule has 1 aromatic rings. The molecule has 0 aliphatic rings. The van der Waals surface area contributed by atoms with Gasteiger partial charge in [-0.1, -0.05) is 29.3 Å². The average molecular weight is 232 g/mol. The monoisotopic (exact) mass is 231 g/mol. The lowest BCUT2D eigenvalue weighted by atomic mass is 10.1. The van der Waals surface area contributed by atoms with E-state index in [9.17, 15) is 0 Å². The first kappa shape index (κ1) is 10.7. The van der Waals surface area contributed by atoms with Crippen LogP contribution in [-0.4, -0.2) is 11.7 Å². The predicted octanol–water partition coefficient (Wildman–Crippen LogP) is 3.64. The summed E-state index contributed by atoms with van der Waals surface area (Å²) in [6, 6.07) is 5.54. The highest BCUT2D eigenvalue weighted by molar-refractivity contribution is 7.78. The second-order valence-corrected chi connectivity index (χ2v) is 3.47. The summed E-state index contributed by atoms with van der Waals surface area (Å²) in [5.41, 5.74) is 1.10. The van der Waals surface area contributed by atoms with Gasteiger partial charge in [-0.3, -0.25) is 0 Å². The van der Waals surface area contributed by atoms with Gasteiger partial charge >= 0.3 is 0 Å². The molecule has 4 heteroatoms. The normalized spacial score (nSPS) is 9.38. The Morgan fingerprint density at radius 2 is 2.08 bits per heavy atom. The molecule has 0 unspecified atom stereocenters. The smallest absolute Gasteiger partial charge is 0.0595 e. The molecule has 0 aliphatic carbocycles. The van der Waals surface area contributed by atoms with Gasteiger partial charge in [-0.05, 0) is 36.3 Å². The number of hydrogen-bond acceptors (Lipinski definition) is 2. The molecule has 0 heterocycles. The summed E-state index contributed by atoms with van der Waals surface area (Å²) in [5, 5.41) is 3.46. The minimum Gasteiger partial charge on any atom is -0.232 e. The van der Waals surface area contributed by atoms with Gasteiger partial charge in [-0.15, -0.1) is 0 Å². The molecule has 0 bridgehead atoms. The van der Waals surface area contributed by atoms with Crippen LogP contribution in [0.15, 0.2) is 23.2 Å². The number of isothiocyanates is 1. The highest BCUT2D eigenvalue weighted by Gasteiger charge is 1.98. The second kappa shape index (κ2) is 5.36. The van der Waals surface area contributed by atoms with Crippen LogP contribution in [0, 0.1) is 0 Å². The molecule has 1 aromatic carbocycles. The van der Waals surface area contributed by atoms with Gasteiger partial charge in [0.2, 0.25) is 0 Å². The van der Waals surface area contributed by atoms with E-state index in [0.29, 0.717) is 16.6 Å². The van der Waals surface area contributed by atoms with Crippen LogP contribution in [0.3, 0.4) is 0 Å². The number of rotatable bonds is 3. The molecule has 0 spiro atoms. The van der Waals surface area contributed by atoms with Crippen molar-refractivity contribution < 1.29 is 0 Å². The molecule has 0 amide bonds. The summed E-state index contributed by atoms with van der Waals surface area (Å²) in [6.45, 7) is 0.640. The van der Waals surface area contributed by atoms with E-state index in [1.54, 1.807) is 6.07 Å². The zero-order valence-electron chi connectivity index (χ0n) is 6.76. The molecule has 0 aliphatic heterocycles. The molecule has 1 rings (SSSR count). The average Bonchev–Trinajstić information content (AvgIpc) is 2.12. The summed E-state index contributed by atoms with van der Waals surface area (Å²) in [5.74, 6) is 0. The summed E-state index contributed by atoms with van der Waals surface area (Å²) in [6.07, 6.45) is 0.806. The maximum atomic E-state index is 5.83. The molecule has 0 aromatic heterocycles. The lowest BCUT2D eigenvalue weighted by Gasteiger charge is -1.99. The molecule has 1 nitrogen and oxygen atoms in total. The highest BCUT2D eigenvalue weighted by Crippen LogP contribution is 2.22. The van der Waals surface area contributed by atoms with Crippen molar-refractivity contribution in [2.75, 3.05) is 6.54 Å². The van der Waals surface area contributed by atoms with E-state index < -0.39 is 0 Å². The molecule has 13 heavy (non-hydrogen) atoms. The van der Waals surface area contributed by atoms with E-state index in [-0.39, 0.29) is 0 Å². The van der Waals surface area contributed by atoms with Crippen LogP contribution in [0.4, 0.5) is 0 Å². The SMILES string of the molecule is S=C=NCCc1ccc(Cl)c(Cl)c1. The van der Waals surface area contributed by atoms with Crippen LogP contribution in [0.5, 0.6) is 0 Å². The quantitative estimate of drug-likeness (QED) is 0.572.